The van der Waals surface area contributed by atoms with Crippen molar-refractivity contribution in [1.82, 2.24) is 15.1 Å². The molecule has 114 valence electrons. The van der Waals surface area contributed by atoms with Gasteiger partial charge in [0.15, 0.2) is 0 Å². The van der Waals surface area contributed by atoms with E-state index in [2.05, 4.69) is 31.2 Å². The Morgan fingerprint density at radius 1 is 1.45 bits per heavy atom. The molecule has 0 radical (unpaired) electrons. The molecule has 1 aromatic heterocycles. The molecule has 3 nitrogen and oxygen atoms in total. The number of nitrogens with one attached hydrogen (secondary N) is 1. The molecule has 1 N–H and O–H groups in total. The van der Waals surface area contributed by atoms with E-state index in [1.807, 2.05) is 0 Å². The Morgan fingerprint density at radius 2 is 2.15 bits per heavy atom. The van der Waals surface area contributed by atoms with E-state index in [0.29, 0.717) is 0 Å². The second kappa shape index (κ2) is 5.39. The highest BCUT2D eigenvalue weighted by Gasteiger charge is 2.43. The van der Waals surface area contributed by atoms with Crippen LogP contribution in [0.1, 0.15) is 51.6 Å². The molecule has 0 aromatic carbocycles. The molecular weight excluding hydrogens is 267 g/mol. The SMILES string of the molecule is CCCNC1C(n2cc(C(F)(F)F)cn2)CCC1(C)C. The van der Waals surface area contributed by atoms with Crippen LogP contribution in [0.5, 0.6) is 0 Å². The number of rotatable bonds is 4. The fraction of sp³-hybridized carbons (Fsp3) is 0.786. The Hall–Kier alpha value is -1.04. The van der Waals surface area contributed by atoms with E-state index in [0.717, 1.165) is 38.2 Å². The number of nitrogens with zero attached hydrogens (tertiary/aromatic N) is 2. The maximum Gasteiger partial charge on any atom is 0.419 e. The van der Waals surface area contributed by atoms with Crippen molar-refractivity contribution >= 4 is 0 Å². The van der Waals surface area contributed by atoms with Gasteiger partial charge in [-0.2, -0.15) is 18.3 Å². The Labute approximate surface area is 117 Å². The van der Waals surface area contributed by atoms with Crippen LogP contribution in [-0.4, -0.2) is 22.4 Å². The van der Waals surface area contributed by atoms with Crippen LogP contribution in [0, 0.1) is 5.41 Å². The van der Waals surface area contributed by atoms with Crippen molar-refractivity contribution in [3.63, 3.8) is 0 Å². The quantitative estimate of drug-likeness (QED) is 0.917. The second-order valence-corrected chi connectivity index (χ2v) is 6.23. The van der Waals surface area contributed by atoms with Gasteiger partial charge in [0.1, 0.15) is 0 Å². The molecule has 20 heavy (non-hydrogen) atoms. The largest absolute Gasteiger partial charge is 0.419 e. The van der Waals surface area contributed by atoms with Crippen molar-refractivity contribution < 1.29 is 13.2 Å². The molecule has 0 bridgehead atoms. The smallest absolute Gasteiger partial charge is 0.311 e. The zero-order valence-electron chi connectivity index (χ0n) is 12.2. The van der Waals surface area contributed by atoms with E-state index in [-0.39, 0.29) is 17.5 Å². The van der Waals surface area contributed by atoms with Gasteiger partial charge in [-0.05, 0) is 31.2 Å². The number of alkyl halides is 3. The van der Waals surface area contributed by atoms with Gasteiger partial charge in [0, 0.05) is 12.2 Å². The number of hydrogen-bond donors (Lipinski definition) is 1. The average Bonchev–Trinajstić information content (AvgIpc) is 2.90. The standard InChI is InChI=1S/C14H22F3N3/c1-4-7-18-12-11(5-6-13(12,2)3)20-9-10(8-19-20)14(15,16)17/h8-9,11-12,18H,4-7H2,1-3H3. The third-order valence-corrected chi connectivity index (χ3v) is 4.19. The lowest BCUT2D eigenvalue weighted by Crippen LogP contribution is -2.43. The lowest BCUT2D eigenvalue weighted by Gasteiger charge is -2.31. The summed E-state index contributed by atoms with van der Waals surface area (Å²) in [5.41, 5.74) is -0.596. The fourth-order valence-electron chi connectivity index (χ4n) is 3.03. The molecule has 1 saturated carbocycles. The monoisotopic (exact) mass is 289 g/mol. The van der Waals surface area contributed by atoms with Crippen molar-refractivity contribution in [3.05, 3.63) is 18.0 Å². The second-order valence-electron chi connectivity index (χ2n) is 6.23. The van der Waals surface area contributed by atoms with Crippen molar-refractivity contribution in [2.45, 2.75) is 58.3 Å². The summed E-state index contributed by atoms with van der Waals surface area (Å²) in [5, 5.41) is 7.42. The van der Waals surface area contributed by atoms with Gasteiger partial charge in [-0.3, -0.25) is 4.68 Å². The highest BCUT2D eigenvalue weighted by Crippen LogP contribution is 2.44. The summed E-state index contributed by atoms with van der Waals surface area (Å²) in [6.45, 7) is 7.28. The molecule has 0 amide bonds. The van der Waals surface area contributed by atoms with Crippen LogP contribution < -0.4 is 5.32 Å². The van der Waals surface area contributed by atoms with Crippen LogP contribution in [0.15, 0.2) is 12.4 Å². The van der Waals surface area contributed by atoms with Crippen molar-refractivity contribution in [2.24, 2.45) is 5.41 Å². The van der Waals surface area contributed by atoms with Crippen LogP contribution in [0.4, 0.5) is 13.2 Å². The Kier molecular flexibility index (Phi) is 4.14. The van der Waals surface area contributed by atoms with Crippen LogP contribution in [-0.2, 0) is 6.18 Å². The van der Waals surface area contributed by atoms with Gasteiger partial charge in [-0.25, -0.2) is 0 Å². The summed E-state index contributed by atoms with van der Waals surface area (Å²) in [5.74, 6) is 0. The van der Waals surface area contributed by atoms with Gasteiger partial charge in [-0.15, -0.1) is 0 Å². The minimum atomic E-state index is -4.32. The van der Waals surface area contributed by atoms with Gasteiger partial charge in [0.2, 0.25) is 0 Å². The Morgan fingerprint density at radius 3 is 2.70 bits per heavy atom. The summed E-state index contributed by atoms with van der Waals surface area (Å²) in [7, 11) is 0. The first-order chi connectivity index (χ1) is 9.25. The minimum absolute atomic E-state index is 0.00681. The maximum absolute atomic E-state index is 12.7. The van der Waals surface area contributed by atoms with E-state index in [9.17, 15) is 13.2 Å². The van der Waals surface area contributed by atoms with Gasteiger partial charge in [0.25, 0.3) is 0 Å². The van der Waals surface area contributed by atoms with Crippen molar-refractivity contribution in [3.8, 4) is 0 Å². The van der Waals surface area contributed by atoms with E-state index >= 15 is 0 Å². The van der Waals surface area contributed by atoms with Crippen LogP contribution in [0.3, 0.4) is 0 Å². The molecule has 2 atom stereocenters. The third-order valence-electron chi connectivity index (χ3n) is 4.19. The number of aromatic nitrogens is 2. The van der Waals surface area contributed by atoms with Gasteiger partial charge >= 0.3 is 6.18 Å². The number of hydrogen-bond acceptors (Lipinski definition) is 2. The topological polar surface area (TPSA) is 29.9 Å². The first-order valence-corrected chi connectivity index (χ1v) is 7.10. The summed E-state index contributed by atoms with van der Waals surface area (Å²) in [4.78, 5) is 0. The molecule has 1 aromatic rings. The molecule has 6 heteroatoms. The molecule has 2 rings (SSSR count). The average molecular weight is 289 g/mol. The summed E-state index contributed by atoms with van der Waals surface area (Å²) >= 11 is 0. The zero-order valence-corrected chi connectivity index (χ0v) is 12.2. The molecule has 1 aliphatic carbocycles. The summed E-state index contributed by atoms with van der Waals surface area (Å²) in [6, 6.07) is 0.149. The molecule has 0 spiro atoms. The Balaban J connectivity index is 2.20. The molecule has 2 unspecified atom stereocenters. The zero-order chi connectivity index (χ0) is 15.0. The minimum Gasteiger partial charge on any atom is -0.311 e. The fourth-order valence-corrected chi connectivity index (χ4v) is 3.03. The lowest BCUT2D eigenvalue weighted by atomic mass is 9.86. The molecule has 1 aliphatic rings. The highest BCUT2D eigenvalue weighted by molar-refractivity contribution is 5.10. The molecular formula is C14H22F3N3. The first kappa shape index (κ1) is 15.4. The predicted molar refractivity (Wildman–Crippen MR) is 71.4 cm³/mol. The van der Waals surface area contributed by atoms with Crippen molar-refractivity contribution in [1.29, 1.82) is 0 Å². The van der Waals surface area contributed by atoms with Crippen LogP contribution >= 0.6 is 0 Å². The molecule has 1 fully saturated rings. The van der Waals surface area contributed by atoms with E-state index in [4.69, 9.17) is 0 Å². The highest BCUT2D eigenvalue weighted by atomic mass is 19.4. The first-order valence-electron chi connectivity index (χ1n) is 7.10. The normalized spacial score (nSPS) is 26.1. The van der Waals surface area contributed by atoms with E-state index in [1.165, 1.54) is 4.68 Å². The third kappa shape index (κ3) is 3.00. The van der Waals surface area contributed by atoms with Crippen molar-refractivity contribution in [2.75, 3.05) is 6.54 Å². The lowest BCUT2D eigenvalue weighted by molar-refractivity contribution is -0.137. The van der Waals surface area contributed by atoms with Gasteiger partial charge in [0.05, 0.1) is 17.8 Å². The molecule has 0 aliphatic heterocycles. The van der Waals surface area contributed by atoms with Crippen LogP contribution in [0.25, 0.3) is 0 Å². The predicted octanol–water partition coefficient (Wildman–Crippen LogP) is 3.63. The van der Waals surface area contributed by atoms with Gasteiger partial charge in [-0.1, -0.05) is 20.8 Å². The number of halogens is 3. The summed E-state index contributed by atoms with van der Waals surface area (Å²) < 4.78 is 39.5. The van der Waals surface area contributed by atoms with E-state index in [1.54, 1.807) is 0 Å². The van der Waals surface area contributed by atoms with Gasteiger partial charge < -0.3 is 5.32 Å². The maximum atomic E-state index is 12.7. The molecule has 0 saturated heterocycles. The summed E-state index contributed by atoms with van der Waals surface area (Å²) in [6.07, 6.45) is 0.577. The molecule has 1 heterocycles. The van der Waals surface area contributed by atoms with Crippen LogP contribution in [0.2, 0.25) is 0 Å². The van der Waals surface area contributed by atoms with E-state index < -0.39 is 11.7 Å². The Bertz CT molecular complexity index is 451.